The summed E-state index contributed by atoms with van der Waals surface area (Å²) in [6.45, 7) is 1.84. The van der Waals surface area contributed by atoms with Crippen LogP contribution in [0.4, 0.5) is 5.69 Å². The van der Waals surface area contributed by atoms with Crippen molar-refractivity contribution in [1.29, 1.82) is 0 Å². The Morgan fingerprint density at radius 2 is 1.68 bits per heavy atom. The third-order valence-corrected chi connectivity index (χ3v) is 5.66. The summed E-state index contributed by atoms with van der Waals surface area (Å²) in [6, 6.07) is 17.3. The summed E-state index contributed by atoms with van der Waals surface area (Å²) < 4.78 is 6.80. The van der Waals surface area contributed by atoms with Crippen LogP contribution >= 0.6 is 23.2 Å². The molecule has 0 bridgehead atoms. The summed E-state index contributed by atoms with van der Waals surface area (Å²) in [5.41, 5.74) is 2.01. The fourth-order valence-electron chi connectivity index (χ4n) is 3.39. The summed E-state index contributed by atoms with van der Waals surface area (Å²) in [7, 11) is 1.51. The summed E-state index contributed by atoms with van der Waals surface area (Å²) in [5, 5.41) is 4.97. The number of amides is 1. The molecule has 1 N–H and O–H groups in total. The van der Waals surface area contributed by atoms with Gasteiger partial charge in [0, 0.05) is 38.8 Å². The van der Waals surface area contributed by atoms with Crippen molar-refractivity contribution in [2.24, 2.45) is 0 Å². The van der Waals surface area contributed by atoms with Gasteiger partial charge in [-0.1, -0.05) is 41.4 Å². The third-order valence-electron chi connectivity index (χ3n) is 5.00. The van der Waals surface area contributed by atoms with Gasteiger partial charge in [-0.2, -0.15) is 0 Å². The molecule has 0 saturated carbocycles. The first-order chi connectivity index (χ1) is 14.9. The monoisotopic (exact) mass is 452 g/mol. The molecule has 156 valence electrons. The van der Waals surface area contributed by atoms with Crippen LogP contribution in [0.5, 0.6) is 5.75 Å². The molecule has 0 radical (unpaired) electrons. The average molecular weight is 453 g/mol. The second-order valence-electron chi connectivity index (χ2n) is 7.00. The van der Waals surface area contributed by atoms with Crippen molar-refractivity contribution < 1.29 is 9.53 Å². The molecular formula is C24H18Cl2N2O3. The van der Waals surface area contributed by atoms with Gasteiger partial charge in [-0.05, 0) is 48.9 Å². The molecule has 1 amide bonds. The summed E-state index contributed by atoms with van der Waals surface area (Å²) in [5.74, 6) is 0.0678. The van der Waals surface area contributed by atoms with Crippen LogP contribution in [0.15, 0.2) is 71.7 Å². The largest absolute Gasteiger partial charge is 0.495 e. The number of hydrogen-bond acceptors (Lipinski definition) is 3. The molecule has 7 heteroatoms. The van der Waals surface area contributed by atoms with E-state index in [9.17, 15) is 9.59 Å². The van der Waals surface area contributed by atoms with Crippen LogP contribution in [0.25, 0.3) is 16.5 Å². The van der Waals surface area contributed by atoms with Gasteiger partial charge in [0.2, 0.25) is 0 Å². The molecule has 0 unspecified atom stereocenters. The minimum Gasteiger partial charge on any atom is -0.495 e. The first-order valence-corrected chi connectivity index (χ1v) is 10.2. The number of aryl methyl sites for hydroxylation is 1. The molecule has 1 heterocycles. The lowest BCUT2D eigenvalue weighted by molar-refractivity contribution is 0.102. The predicted molar refractivity (Wildman–Crippen MR) is 125 cm³/mol. The van der Waals surface area contributed by atoms with Gasteiger partial charge in [0.25, 0.3) is 11.5 Å². The first-order valence-electron chi connectivity index (χ1n) is 9.45. The molecule has 4 rings (SSSR count). The first kappa shape index (κ1) is 21.0. The maximum absolute atomic E-state index is 13.3. The number of nitrogens with one attached hydrogen (secondary N) is 1. The van der Waals surface area contributed by atoms with E-state index in [0.29, 0.717) is 43.5 Å². The number of pyridine rings is 1. The fourth-order valence-corrected chi connectivity index (χ4v) is 3.67. The second kappa shape index (κ2) is 8.46. The van der Waals surface area contributed by atoms with Gasteiger partial charge in [0.15, 0.2) is 0 Å². The Morgan fingerprint density at radius 1 is 1.00 bits per heavy atom. The number of carbonyl (C=O) groups excluding carboxylic acids is 1. The quantitative estimate of drug-likeness (QED) is 0.421. The van der Waals surface area contributed by atoms with E-state index in [1.807, 2.05) is 6.92 Å². The van der Waals surface area contributed by atoms with Gasteiger partial charge in [-0.25, -0.2) is 0 Å². The predicted octanol–water partition coefficient (Wildman–Crippen LogP) is 5.87. The number of anilines is 1. The average Bonchev–Trinajstić information content (AvgIpc) is 2.77. The lowest BCUT2D eigenvalue weighted by Gasteiger charge is -2.15. The van der Waals surface area contributed by atoms with Crippen LogP contribution in [0.1, 0.15) is 15.9 Å². The number of fused-ring (bicyclic) bond motifs is 1. The summed E-state index contributed by atoms with van der Waals surface area (Å²) in [6.07, 6.45) is 1.54. The van der Waals surface area contributed by atoms with Crippen LogP contribution in [0.3, 0.4) is 0 Å². The van der Waals surface area contributed by atoms with Crippen LogP contribution in [0, 0.1) is 6.92 Å². The van der Waals surface area contributed by atoms with Gasteiger partial charge in [0.05, 0.1) is 18.4 Å². The Kier molecular flexibility index (Phi) is 5.72. The van der Waals surface area contributed by atoms with Crippen molar-refractivity contribution in [3.8, 4) is 11.4 Å². The highest BCUT2D eigenvalue weighted by atomic mass is 35.5. The van der Waals surface area contributed by atoms with E-state index in [4.69, 9.17) is 27.9 Å². The number of hydrogen-bond donors (Lipinski definition) is 1. The molecule has 0 aliphatic carbocycles. The molecule has 1 aromatic heterocycles. The molecule has 0 spiro atoms. The van der Waals surface area contributed by atoms with Gasteiger partial charge < -0.3 is 10.1 Å². The number of aromatic nitrogens is 1. The van der Waals surface area contributed by atoms with E-state index in [0.717, 1.165) is 5.56 Å². The van der Waals surface area contributed by atoms with Gasteiger partial charge >= 0.3 is 0 Å². The standard InChI is InChI=1S/C24H18Cl2N2O3/c1-14-11-21(22(31-2)12-20(14)26)27-23(29)19-13-28(16-9-7-15(25)8-10-16)24(30)18-6-4-3-5-17(18)19/h3-13H,1-2H3,(H,27,29). The Labute approximate surface area is 188 Å². The minimum atomic E-state index is -0.376. The molecule has 3 aromatic carbocycles. The molecular weight excluding hydrogens is 435 g/mol. The molecule has 31 heavy (non-hydrogen) atoms. The van der Waals surface area contributed by atoms with Crippen LogP contribution < -0.4 is 15.6 Å². The minimum absolute atomic E-state index is 0.227. The highest BCUT2D eigenvalue weighted by Crippen LogP contribution is 2.31. The topological polar surface area (TPSA) is 60.3 Å². The van der Waals surface area contributed by atoms with Crippen molar-refractivity contribution >= 4 is 45.6 Å². The maximum Gasteiger partial charge on any atom is 0.262 e. The molecule has 0 aliphatic heterocycles. The van der Waals surface area contributed by atoms with Crippen LogP contribution in [0.2, 0.25) is 10.0 Å². The van der Waals surface area contributed by atoms with Gasteiger partial charge in [-0.3, -0.25) is 14.2 Å². The number of methoxy groups -OCH3 is 1. The van der Waals surface area contributed by atoms with Crippen molar-refractivity contribution in [2.45, 2.75) is 6.92 Å². The molecule has 4 aromatic rings. The lowest BCUT2D eigenvalue weighted by Crippen LogP contribution is -2.22. The molecule has 0 saturated heterocycles. The molecule has 0 fully saturated rings. The smallest absolute Gasteiger partial charge is 0.262 e. The number of benzene rings is 3. The Morgan fingerprint density at radius 3 is 2.35 bits per heavy atom. The number of carbonyl (C=O) groups is 1. The Bertz CT molecular complexity index is 1360. The molecule has 0 atom stereocenters. The number of ether oxygens (including phenoxy) is 1. The zero-order valence-electron chi connectivity index (χ0n) is 16.8. The van der Waals surface area contributed by atoms with Gasteiger partial charge in [0.1, 0.15) is 5.75 Å². The Balaban J connectivity index is 1.86. The van der Waals surface area contributed by atoms with Gasteiger partial charge in [-0.15, -0.1) is 0 Å². The zero-order chi connectivity index (χ0) is 22.1. The van der Waals surface area contributed by atoms with Crippen molar-refractivity contribution in [3.63, 3.8) is 0 Å². The maximum atomic E-state index is 13.3. The lowest BCUT2D eigenvalue weighted by atomic mass is 10.1. The van der Waals surface area contributed by atoms with Crippen LogP contribution in [-0.4, -0.2) is 17.6 Å². The van der Waals surface area contributed by atoms with E-state index < -0.39 is 0 Å². The van der Waals surface area contributed by atoms with E-state index in [1.54, 1.807) is 66.9 Å². The Hall–Kier alpha value is -3.28. The zero-order valence-corrected chi connectivity index (χ0v) is 18.3. The highest BCUT2D eigenvalue weighted by Gasteiger charge is 2.18. The third kappa shape index (κ3) is 4.02. The van der Waals surface area contributed by atoms with Crippen molar-refractivity contribution in [2.75, 3.05) is 12.4 Å². The van der Waals surface area contributed by atoms with Crippen LogP contribution in [-0.2, 0) is 0 Å². The second-order valence-corrected chi connectivity index (χ2v) is 7.84. The van der Waals surface area contributed by atoms with Crippen molar-refractivity contribution in [1.82, 2.24) is 4.57 Å². The number of nitrogens with zero attached hydrogens (tertiary/aromatic N) is 1. The fraction of sp³-hybridized carbons (Fsp3) is 0.0833. The van der Waals surface area contributed by atoms with E-state index in [-0.39, 0.29) is 11.5 Å². The van der Waals surface area contributed by atoms with E-state index in [1.165, 1.54) is 11.7 Å². The molecule has 5 nitrogen and oxygen atoms in total. The summed E-state index contributed by atoms with van der Waals surface area (Å²) in [4.78, 5) is 26.4. The molecule has 0 aliphatic rings. The van der Waals surface area contributed by atoms with Crippen molar-refractivity contribution in [3.05, 3.63) is 98.4 Å². The van der Waals surface area contributed by atoms with E-state index in [2.05, 4.69) is 5.32 Å². The number of halogens is 2. The normalized spacial score (nSPS) is 10.8. The van der Waals surface area contributed by atoms with E-state index >= 15 is 0 Å². The highest BCUT2D eigenvalue weighted by molar-refractivity contribution is 6.31. The number of rotatable bonds is 4. The summed E-state index contributed by atoms with van der Waals surface area (Å²) >= 11 is 12.2. The SMILES string of the molecule is COc1cc(Cl)c(C)cc1NC(=O)c1cn(-c2ccc(Cl)cc2)c(=O)c2ccccc12.